The number of hydrogen-bond donors (Lipinski definition) is 0. The molecule has 0 atom stereocenters. The summed E-state index contributed by atoms with van der Waals surface area (Å²) < 4.78 is 9.30. The maximum absolute atomic E-state index is 6.89. The topological polar surface area (TPSA) is 56.7 Å². The molecule has 9 aromatic carbocycles. The molecule has 5 nitrogen and oxygen atoms in total. The molecular formula is C51H30N4O. The van der Waals surface area contributed by atoms with Gasteiger partial charge in [-0.3, -0.25) is 0 Å². The van der Waals surface area contributed by atoms with E-state index in [-0.39, 0.29) is 0 Å². The monoisotopic (exact) mass is 714 g/mol. The minimum atomic E-state index is 0.546. The standard InChI is InChI=1S/C51H30N4O/c1-3-15-33(16-4-1)49-52-50(34-17-5-2-6-18-34)54-51(53-49)42-30-37(29-41-40-27-35-19-7-8-20-36(35)28-45(40)56-48(41)42)55-43-25-23-31-13-9-11-21-38(31)46(43)47-39-22-12-10-14-32(39)24-26-44(47)55/h1-30H. The van der Waals surface area contributed by atoms with Gasteiger partial charge in [0.15, 0.2) is 17.5 Å². The summed E-state index contributed by atoms with van der Waals surface area (Å²) in [6.07, 6.45) is 0. The predicted octanol–water partition coefficient (Wildman–Crippen LogP) is 13.3. The van der Waals surface area contributed by atoms with E-state index >= 15 is 0 Å². The van der Waals surface area contributed by atoms with E-state index < -0.39 is 0 Å². The number of nitrogens with zero attached hydrogens (tertiary/aromatic N) is 4. The summed E-state index contributed by atoms with van der Waals surface area (Å²) in [5.74, 6) is 1.75. The van der Waals surface area contributed by atoms with E-state index in [9.17, 15) is 0 Å². The Bertz CT molecular complexity index is 3380. The van der Waals surface area contributed by atoms with Crippen LogP contribution in [0.15, 0.2) is 186 Å². The quantitative estimate of drug-likeness (QED) is 0.182. The Balaban J connectivity index is 1.24. The maximum atomic E-state index is 6.89. The molecule has 0 aliphatic heterocycles. The van der Waals surface area contributed by atoms with E-state index in [0.717, 1.165) is 66.1 Å². The van der Waals surface area contributed by atoms with Crippen LogP contribution in [0.1, 0.15) is 0 Å². The highest BCUT2D eigenvalue weighted by molar-refractivity contribution is 6.28. The highest BCUT2D eigenvalue weighted by Crippen LogP contribution is 2.44. The van der Waals surface area contributed by atoms with Crippen LogP contribution in [0.2, 0.25) is 0 Å². The van der Waals surface area contributed by atoms with Gasteiger partial charge in [-0.1, -0.05) is 146 Å². The van der Waals surface area contributed by atoms with Crippen molar-refractivity contribution in [3.63, 3.8) is 0 Å². The van der Waals surface area contributed by atoms with E-state index in [2.05, 4.69) is 126 Å². The van der Waals surface area contributed by atoms with Gasteiger partial charge < -0.3 is 8.98 Å². The number of fused-ring (bicyclic) bond motifs is 11. The van der Waals surface area contributed by atoms with Crippen molar-refractivity contribution < 1.29 is 4.42 Å². The van der Waals surface area contributed by atoms with Crippen LogP contribution in [0, 0.1) is 0 Å². The largest absolute Gasteiger partial charge is 0.455 e. The molecule has 56 heavy (non-hydrogen) atoms. The van der Waals surface area contributed by atoms with Crippen molar-refractivity contribution in [2.45, 2.75) is 0 Å². The first kappa shape index (κ1) is 30.8. The van der Waals surface area contributed by atoms with Crippen LogP contribution in [0.5, 0.6) is 0 Å². The first-order valence-electron chi connectivity index (χ1n) is 18.9. The van der Waals surface area contributed by atoms with Gasteiger partial charge in [-0.25, -0.2) is 15.0 Å². The lowest BCUT2D eigenvalue weighted by atomic mass is 10.00. The average molecular weight is 715 g/mol. The lowest BCUT2D eigenvalue weighted by molar-refractivity contribution is 0.670. The molecule has 12 aromatic rings. The molecule has 0 spiro atoms. The second-order valence-corrected chi connectivity index (χ2v) is 14.4. The van der Waals surface area contributed by atoms with E-state index in [1.54, 1.807) is 0 Å². The van der Waals surface area contributed by atoms with Crippen molar-refractivity contribution >= 4 is 76.1 Å². The summed E-state index contributed by atoms with van der Waals surface area (Å²) in [7, 11) is 0. The molecule has 0 radical (unpaired) electrons. The van der Waals surface area contributed by atoms with Gasteiger partial charge in [0.25, 0.3) is 0 Å². The molecule has 5 heteroatoms. The fraction of sp³-hybridized carbons (Fsp3) is 0. The van der Waals surface area contributed by atoms with Crippen molar-refractivity contribution in [3.8, 4) is 39.9 Å². The SMILES string of the molecule is c1ccc(-c2nc(-c3ccccc3)nc(-c3cc(-n4c5ccc6ccccc6c5c5c6ccccc6ccc54)cc4c3oc3cc5ccccc5cc34)n2)cc1. The number of rotatable bonds is 4. The molecule has 0 fully saturated rings. The van der Waals surface area contributed by atoms with Crippen molar-refractivity contribution in [1.29, 1.82) is 0 Å². The molecule has 260 valence electrons. The Labute approximate surface area is 320 Å². The number of aromatic nitrogens is 4. The molecule has 0 saturated heterocycles. The van der Waals surface area contributed by atoms with E-state index in [1.807, 2.05) is 60.7 Å². The van der Waals surface area contributed by atoms with Crippen LogP contribution in [0.4, 0.5) is 0 Å². The van der Waals surface area contributed by atoms with E-state index in [0.29, 0.717) is 17.5 Å². The van der Waals surface area contributed by atoms with Crippen molar-refractivity contribution in [2.75, 3.05) is 0 Å². The Kier molecular flexibility index (Phi) is 6.56. The Morgan fingerprint density at radius 3 is 1.46 bits per heavy atom. The predicted molar refractivity (Wildman–Crippen MR) is 230 cm³/mol. The number of benzene rings is 9. The van der Waals surface area contributed by atoms with Crippen LogP contribution in [0.3, 0.4) is 0 Å². The summed E-state index contributed by atoms with van der Waals surface area (Å²) in [6.45, 7) is 0. The normalized spacial score (nSPS) is 11.9. The molecule has 3 aromatic heterocycles. The van der Waals surface area contributed by atoms with Crippen molar-refractivity contribution in [3.05, 3.63) is 182 Å². The molecule has 0 aliphatic rings. The Hall–Kier alpha value is -7.63. The minimum Gasteiger partial charge on any atom is -0.455 e. The molecule has 0 N–H and O–H groups in total. The zero-order valence-electron chi connectivity index (χ0n) is 30.0. The van der Waals surface area contributed by atoms with Crippen molar-refractivity contribution in [2.24, 2.45) is 0 Å². The van der Waals surface area contributed by atoms with Gasteiger partial charge in [-0.15, -0.1) is 0 Å². The molecule has 0 bridgehead atoms. The molecule has 0 amide bonds. The van der Waals surface area contributed by atoms with Gasteiger partial charge in [0.1, 0.15) is 11.2 Å². The first-order chi connectivity index (χ1) is 27.7. The molecule has 0 saturated carbocycles. The molecule has 12 rings (SSSR count). The summed E-state index contributed by atoms with van der Waals surface area (Å²) in [5, 5.41) is 11.7. The fourth-order valence-corrected chi connectivity index (χ4v) is 8.60. The summed E-state index contributed by atoms with van der Waals surface area (Å²) in [6, 6.07) is 63.9. The lowest BCUT2D eigenvalue weighted by Gasteiger charge is -2.13. The van der Waals surface area contributed by atoms with E-state index in [1.165, 1.54) is 32.3 Å². The lowest BCUT2D eigenvalue weighted by Crippen LogP contribution is -2.01. The minimum absolute atomic E-state index is 0.546. The van der Waals surface area contributed by atoms with Crippen LogP contribution in [-0.2, 0) is 0 Å². The Morgan fingerprint density at radius 2 is 0.875 bits per heavy atom. The fourth-order valence-electron chi connectivity index (χ4n) is 8.60. The number of furan rings is 1. The smallest absolute Gasteiger partial charge is 0.167 e. The third-order valence-corrected chi connectivity index (χ3v) is 11.2. The van der Waals surface area contributed by atoms with Crippen LogP contribution in [-0.4, -0.2) is 19.5 Å². The third kappa shape index (κ3) is 4.64. The summed E-state index contributed by atoms with van der Waals surface area (Å²) in [4.78, 5) is 15.4. The van der Waals surface area contributed by atoms with Gasteiger partial charge in [0.2, 0.25) is 0 Å². The average Bonchev–Trinajstić information content (AvgIpc) is 3.81. The molecular weight excluding hydrogens is 685 g/mol. The highest BCUT2D eigenvalue weighted by Gasteiger charge is 2.23. The number of hydrogen-bond acceptors (Lipinski definition) is 4. The summed E-state index contributed by atoms with van der Waals surface area (Å²) in [5.41, 5.74) is 7.43. The second-order valence-electron chi connectivity index (χ2n) is 14.4. The van der Waals surface area contributed by atoms with Gasteiger partial charge in [0, 0.05) is 38.4 Å². The first-order valence-corrected chi connectivity index (χ1v) is 18.9. The van der Waals surface area contributed by atoms with Crippen molar-refractivity contribution in [1.82, 2.24) is 19.5 Å². The van der Waals surface area contributed by atoms with Gasteiger partial charge >= 0.3 is 0 Å². The zero-order chi connectivity index (χ0) is 36.7. The van der Waals surface area contributed by atoms with Crippen LogP contribution < -0.4 is 0 Å². The molecule has 3 heterocycles. The van der Waals surface area contributed by atoms with Gasteiger partial charge in [-0.05, 0) is 68.7 Å². The summed E-state index contributed by atoms with van der Waals surface area (Å²) >= 11 is 0. The van der Waals surface area contributed by atoms with Crippen LogP contribution >= 0.6 is 0 Å². The van der Waals surface area contributed by atoms with Gasteiger partial charge in [-0.2, -0.15) is 0 Å². The highest BCUT2D eigenvalue weighted by atomic mass is 16.3. The zero-order valence-corrected chi connectivity index (χ0v) is 30.0. The van der Waals surface area contributed by atoms with Crippen LogP contribution in [0.25, 0.3) is 116 Å². The molecule has 0 unspecified atom stereocenters. The third-order valence-electron chi connectivity index (χ3n) is 11.2. The second kappa shape index (κ2) is 11.9. The Morgan fingerprint density at radius 1 is 0.375 bits per heavy atom. The van der Waals surface area contributed by atoms with E-state index in [4.69, 9.17) is 19.4 Å². The molecule has 0 aliphatic carbocycles. The van der Waals surface area contributed by atoms with Gasteiger partial charge in [0.05, 0.1) is 16.6 Å². The maximum Gasteiger partial charge on any atom is 0.167 e.